The van der Waals surface area contributed by atoms with Crippen LogP contribution in [0, 0.1) is 6.92 Å². The maximum Gasteiger partial charge on any atom is 0.245 e. The molecule has 1 aromatic rings. The Morgan fingerprint density at radius 1 is 1.50 bits per heavy atom. The highest BCUT2D eigenvalue weighted by atomic mass is 35.5. The average molecular weight is 323 g/mol. The molecule has 2 N–H and O–H groups in total. The minimum absolute atomic E-state index is 0.0153. The summed E-state index contributed by atoms with van der Waals surface area (Å²) in [5, 5.41) is 13.3. The number of aliphatic hydroxyl groups is 1. The standard InChI is InChI=1S/C11H19ClN4O3S/c1-7-10(11(12)16(3)13-7)20(18,19)14-8-4-9(6-17)15(2)5-8/h8-9,14,17H,4-6H2,1-3H3/t8-,9+/m1/s1. The normalized spacial score (nSPS) is 24.4. The van der Waals surface area contributed by atoms with Gasteiger partial charge in [-0.1, -0.05) is 11.6 Å². The molecule has 9 heteroatoms. The summed E-state index contributed by atoms with van der Waals surface area (Å²) in [7, 11) is -0.258. The Kier molecular flexibility index (Phi) is 4.41. The number of nitrogens with zero attached hydrogens (tertiary/aromatic N) is 3. The van der Waals surface area contributed by atoms with Crippen molar-refractivity contribution < 1.29 is 13.5 Å². The minimum atomic E-state index is -3.71. The SMILES string of the molecule is Cc1nn(C)c(Cl)c1S(=O)(=O)N[C@@H]1C[C@@H](CO)N(C)C1. The van der Waals surface area contributed by atoms with Gasteiger partial charge in [0.15, 0.2) is 0 Å². The van der Waals surface area contributed by atoms with Crippen LogP contribution >= 0.6 is 11.6 Å². The highest BCUT2D eigenvalue weighted by Crippen LogP contribution is 2.25. The van der Waals surface area contributed by atoms with E-state index in [1.54, 1.807) is 14.0 Å². The van der Waals surface area contributed by atoms with Crippen LogP contribution in [0.15, 0.2) is 4.90 Å². The monoisotopic (exact) mass is 322 g/mol. The number of aromatic nitrogens is 2. The van der Waals surface area contributed by atoms with E-state index in [-0.39, 0.29) is 28.7 Å². The summed E-state index contributed by atoms with van der Waals surface area (Å²) >= 11 is 6.00. The van der Waals surface area contributed by atoms with Crippen molar-refractivity contribution >= 4 is 21.6 Å². The third kappa shape index (κ3) is 2.84. The fourth-order valence-corrected chi connectivity index (χ4v) is 4.56. The lowest BCUT2D eigenvalue weighted by Crippen LogP contribution is -2.36. The van der Waals surface area contributed by atoms with E-state index >= 15 is 0 Å². The van der Waals surface area contributed by atoms with Crippen LogP contribution in [0.2, 0.25) is 5.15 Å². The van der Waals surface area contributed by atoms with Gasteiger partial charge >= 0.3 is 0 Å². The highest BCUT2D eigenvalue weighted by molar-refractivity contribution is 7.89. The van der Waals surface area contributed by atoms with Gasteiger partial charge in [-0.25, -0.2) is 13.1 Å². The second-order valence-corrected chi connectivity index (χ2v) is 7.17. The molecule has 1 saturated heterocycles. The number of hydrogen-bond acceptors (Lipinski definition) is 5. The number of hydrogen-bond donors (Lipinski definition) is 2. The van der Waals surface area contributed by atoms with E-state index in [4.69, 9.17) is 11.6 Å². The molecule has 114 valence electrons. The van der Waals surface area contributed by atoms with Gasteiger partial charge in [0.05, 0.1) is 12.3 Å². The van der Waals surface area contributed by atoms with Crippen LogP contribution in [-0.4, -0.2) is 60.5 Å². The molecule has 0 aromatic carbocycles. The molecule has 7 nitrogen and oxygen atoms in total. The Hall–Kier alpha value is -0.670. The van der Waals surface area contributed by atoms with Crippen LogP contribution in [0.1, 0.15) is 12.1 Å². The van der Waals surface area contributed by atoms with Gasteiger partial charge < -0.3 is 5.11 Å². The second-order valence-electron chi connectivity index (χ2n) is 5.16. The topological polar surface area (TPSA) is 87.5 Å². The molecule has 20 heavy (non-hydrogen) atoms. The Labute approximate surface area is 123 Å². The molecule has 1 aliphatic rings. The molecule has 0 amide bonds. The van der Waals surface area contributed by atoms with E-state index in [2.05, 4.69) is 9.82 Å². The van der Waals surface area contributed by atoms with Gasteiger partial charge in [-0.3, -0.25) is 9.58 Å². The highest BCUT2D eigenvalue weighted by Gasteiger charge is 2.34. The first-order chi connectivity index (χ1) is 9.26. The van der Waals surface area contributed by atoms with Crippen molar-refractivity contribution in [2.75, 3.05) is 20.2 Å². The lowest BCUT2D eigenvalue weighted by atomic mass is 10.2. The van der Waals surface area contributed by atoms with Gasteiger partial charge in [0, 0.05) is 25.7 Å². The Morgan fingerprint density at radius 3 is 2.60 bits per heavy atom. The second kappa shape index (κ2) is 5.61. The molecule has 0 saturated carbocycles. The molecule has 0 bridgehead atoms. The van der Waals surface area contributed by atoms with Gasteiger partial charge in [-0.05, 0) is 20.4 Å². The molecule has 1 aliphatic heterocycles. The first-order valence-corrected chi connectivity index (χ1v) is 8.15. The molecule has 2 heterocycles. The molecule has 0 radical (unpaired) electrons. The van der Waals surface area contributed by atoms with Gasteiger partial charge in [0.25, 0.3) is 0 Å². The fourth-order valence-electron chi connectivity index (χ4n) is 2.57. The van der Waals surface area contributed by atoms with Crippen molar-refractivity contribution in [1.82, 2.24) is 19.4 Å². The number of rotatable bonds is 4. The van der Waals surface area contributed by atoms with Crippen LogP contribution in [-0.2, 0) is 17.1 Å². The van der Waals surface area contributed by atoms with Crippen LogP contribution in [0.25, 0.3) is 0 Å². The van der Waals surface area contributed by atoms with E-state index in [9.17, 15) is 13.5 Å². The number of sulfonamides is 1. The van der Waals surface area contributed by atoms with Crippen molar-refractivity contribution in [2.45, 2.75) is 30.3 Å². The van der Waals surface area contributed by atoms with Gasteiger partial charge in [0.1, 0.15) is 10.0 Å². The molecule has 1 fully saturated rings. The van der Waals surface area contributed by atoms with Crippen LogP contribution in [0.3, 0.4) is 0 Å². The van der Waals surface area contributed by atoms with Crippen molar-refractivity contribution in [2.24, 2.45) is 7.05 Å². The molecule has 0 spiro atoms. The average Bonchev–Trinajstić information content (AvgIpc) is 2.79. The van der Waals surface area contributed by atoms with Crippen LogP contribution < -0.4 is 4.72 Å². The Balaban J connectivity index is 2.21. The van der Waals surface area contributed by atoms with Gasteiger partial charge in [0.2, 0.25) is 10.0 Å². The van der Waals surface area contributed by atoms with E-state index in [0.717, 1.165) is 0 Å². The maximum absolute atomic E-state index is 12.4. The minimum Gasteiger partial charge on any atom is -0.395 e. The molecule has 1 aromatic heterocycles. The molecule has 0 aliphatic carbocycles. The number of halogens is 1. The quantitative estimate of drug-likeness (QED) is 0.796. The number of aliphatic hydroxyl groups excluding tert-OH is 1. The Morgan fingerprint density at radius 2 is 2.15 bits per heavy atom. The zero-order valence-corrected chi connectivity index (χ0v) is 13.2. The third-order valence-corrected chi connectivity index (χ3v) is 5.81. The molecule has 0 unspecified atom stereocenters. The van der Waals surface area contributed by atoms with Crippen LogP contribution in [0.4, 0.5) is 0 Å². The third-order valence-electron chi connectivity index (χ3n) is 3.59. The number of nitrogens with one attached hydrogen (secondary N) is 1. The summed E-state index contributed by atoms with van der Waals surface area (Å²) in [4.78, 5) is 1.96. The van der Waals surface area contributed by atoms with Crippen molar-refractivity contribution in [3.8, 4) is 0 Å². The van der Waals surface area contributed by atoms with E-state index < -0.39 is 10.0 Å². The van der Waals surface area contributed by atoms with Gasteiger partial charge in [-0.2, -0.15) is 5.10 Å². The zero-order chi connectivity index (χ0) is 15.1. The maximum atomic E-state index is 12.4. The van der Waals surface area contributed by atoms with Gasteiger partial charge in [-0.15, -0.1) is 0 Å². The van der Waals surface area contributed by atoms with Crippen molar-refractivity contribution in [1.29, 1.82) is 0 Å². The summed E-state index contributed by atoms with van der Waals surface area (Å²) in [6.07, 6.45) is 0.573. The summed E-state index contributed by atoms with van der Waals surface area (Å²) in [5.74, 6) is 0. The predicted octanol–water partition coefficient (Wildman–Crippen LogP) is -0.275. The zero-order valence-electron chi connectivity index (χ0n) is 11.7. The first-order valence-electron chi connectivity index (χ1n) is 6.28. The van der Waals surface area contributed by atoms with E-state index in [1.165, 1.54) is 4.68 Å². The number of likely N-dealkylation sites (N-methyl/N-ethyl adjacent to an activating group) is 1. The summed E-state index contributed by atoms with van der Waals surface area (Å²) < 4.78 is 28.8. The number of aryl methyl sites for hydroxylation is 2. The molecular weight excluding hydrogens is 304 g/mol. The lowest BCUT2D eigenvalue weighted by molar-refractivity contribution is 0.182. The number of likely N-dealkylation sites (tertiary alicyclic amines) is 1. The summed E-state index contributed by atoms with van der Waals surface area (Å²) in [6.45, 7) is 2.18. The Bertz CT molecular complexity index is 601. The fraction of sp³-hybridized carbons (Fsp3) is 0.727. The first kappa shape index (κ1) is 15.7. The molecule has 2 rings (SSSR count). The van der Waals surface area contributed by atoms with Crippen molar-refractivity contribution in [3.05, 3.63) is 10.8 Å². The largest absolute Gasteiger partial charge is 0.395 e. The molecular formula is C11H19ClN4O3S. The lowest BCUT2D eigenvalue weighted by Gasteiger charge is -2.15. The van der Waals surface area contributed by atoms with Crippen LogP contribution in [0.5, 0.6) is 0 Å². The van der Waals surface area contributed by atoms with E-state index in [0.29, 0.717) is 18.7 Å². The smallest absolute Gasteiger partial charge is 0.245 e. The predicted molar refractivity (Wildman–Crippen MR) is 75.2 cm³/mol. The van der Waals surface area contributed by atoms with E-state index in [1.807, 2.05) is 11.9 Å². The summed E-state index contributed by atoms with van der Waals surface area (Å²) in [6, 6.07) is -0.258. The summed E-state index contributed by atoms with van der Waals surface area (Å²) in [5.41, 5.74) is 0.370. The molecule has 2 atom stereocenters. The van der Waals surface area contributed by atoms with Crippen molar-refractivity contribution in [3.63, 3.8) is 0 Å².